The van der Waals surface area contributed by atoms with Gasteiger partial charge in [0.25, 0.3) is 0 Å². The number of hydrogen-bond donors (Lipinski definition) is 1. The van der Waals surface area contributed by atoms with Gasteiger partial charge in [-0.05, 0) is 12.1 Å². The minimum Gasteiger partial charge on any atom is -0.478 e. The monoisotopic (exact) mass is 190 g/mol. The third kappa shape index (κ3) is 2.29. The fourth-order valence-electron chi connectivity index (χ4n) is 1.07. The molecule has 0 aliphatic heterocycles. The third-order valence-electron chi connectivity index (χ3n) is 1.76. The van der Waals surface area contributed by atoms with Gasteiger partial charge in [-0.3, -0.25) is 4.79 Å². The minimum atomic E-state index is -1.03. The normalized spacial score (nSPS) is 9.43. The molecule has 0 aromatic heterocycles. The number of rotatable bonds is 4. The molecular formula is C11H10O3. The van der Waals surface area contributed by atoms with Crippen LogP contribution in [0.2, 0.25) is 0 Å². The van der Waals surface area contributed by atoms with E-state index in [4.69, 9.17) is 5.11 Å². The Labute approximate surface area is 81.7 Å². The summed E-state index contributed by atoms with van der Waals surface area (Å²) in [4.78, 5) is 22.0. The van der Waals surface area contributed by atoms with Gasteiger partial charge < -0.3 is 5.11 Å². The second kappa shape index (κ2) is 4.37. The number of carboxylic acids is 1. The van der Waals surface area contributed by atoms with Gasteiger partial charge in [0.05, 0.1) is 5.56 Å². The van der Waals surface area contributed by atoms with Crippen molar-refractivity contribution in [3.8, 4) is 0 Å². The van der Waals surface area contributed by atoms with Crippen LogP contribution >= 0.6 is 0 Å². The van der Waals surface area contributed by atoms with E-state index < -0.39 is 5.97 Å². The molecule has 0 unspecified atom stereocenters. The second-order valence-corrected chi connectivity index (χ2v) is 2.80. The number of benzene rings is 1. The van der Waals surface area contributed by atoms with Gasteiger partial charge in [-0.1, -0.05) is 18.2 Å². The predicted octanol–water partition coefficient (Wildman–Crippen LogP) is 2.14. The van der Waals surface area contributed by atoms with Crippen molar-refractivity contribution in [1.82, 2.24) is 0 Å². The number of carbonyl (C=O) groups excluding carboxylic acids is 1. The lowest BCUT2D eigenvalue weighted by molar-refractivity contribution is 0.0697. The van der Waals surface area contributed by atoms with Gasteiger partial charge in [0.15, 0.2) is 5.78 Å². The quantitative estimate of drug-likeness (QED) is 0.584. The Bertz CT molecular complexity index is 380. The average molecular weight is 190 g/mol. The summed E-state index contributed by atoms with van der Waals surface area (Å²) < 4.78 is 0. The highest BCUT2D eigenvalue weighted by atomic mass is 16.4. The van der Waals surface area contributed by atoms with Crippen LogP contribution in [-0.4, -0.2) is 16.9 Å². The van der Waals surface area contributed by atoms with Crippen molar-refractivity contribution in [2.45, 2.75) is 6.42 Å². The SMILES string of the molecule is C=CCC(=O)c1cccc(C(=O)O)c1. The minimum absolute atomic E-state index is 0.122. The van der Waals surface area contributed by atoms with Gasteiger partial charge in [-0.15, -0.1) is 6.58 Å². The summed E-state index contributed by atoms with van der Waals surface area (Å²) in [7, 11) is 0. The summed E-state index contributed by atoms with van der Waals surface area (Å²) >= 11 is 0. The number of hydrogen-bond acceptors (Lipinski definition) is 2. The zero-order chi connectivity index (χ0) is 10.6. The first kappa shape index (κ1) is 10.2. The zero-order valence-electron chi connectivity index (χ0n) is 7.56. The van der Waals surface area contributed by atoms with E-state index in [1.807, 2.05) is 0 Å². The highest BCUT2D eigenvalue weighted by Crippen LogP contribution is 2.08. The second-order valence-electron chi connectivity index (χ2n) is 2.80. The topological polar surface area (TPSA) is 54.4 Å². The van der Waals surface area contributed by atoms with Crippen LogP contribution in [0.3, 0.4) is 0 Å². The van der Waals surface area contributed by atoms with E-state index in [2.05, 4.69) is 6.58 Å². The van der Waals surface area contributed by atoms with Crippen molar-refractivity contribution in [2.24, 2.45) is 0 Å². The lowest BCUT2D eigenvalue weighted by Gasteiger charge is -1.99. The first-order valence-electron chi connectivity index (χ1n) is 4.12. The Morgan fingerprint density at radius 1 is 1.36 bits per heavy atom. The summed E-state index contributed by atoms with van der Waals surface area (Å²) in [5, 5.41) is 8.69. The maximum absolute atomic E-state index is 11.4. The van der Waals surface area contributed by atoms with Gasteiger partial charge in [-0.25, -0.2) is 4.79 Å². The average Bonchev–Trinajstić information content (AvgIpc) is 2.18. The molecule has 0 fully saturated rings. The fourth-order valence-corrected chi connectivity index (χ4v) is 1.07. The molecule has 0 bridgehead atoms. The Morgan fingerprint density at radius 3 is 2.57 bits per heavy atom. The predicted molar refractivity (Wildman–Crippen MR) is 52.5 cm³/mol. The molecule has 3 heteroatoms. The number of carboxylic acid groups (broad SMARTS) is 1. The summed E-state index contributed by atoms with van der Waals surface area (Å²) in [5.74, 6) is -1.15. The van der Waals surface area contributed by atoms with Gasteiger partial charge in [0.1, 0.15) is 0 Å². The molecule has 1 aromatic rings. The van der Waals surface area contributed by atoms with E-state index in [0.717, 1.165) is 0 Å². The van der Waals surface area contributed by atoms with Crippen LogP contribution in [-0.2, 0) is 0 Å². The smallest absolute Gasteiger partial charge is 0.335 e. The molecule has 3 nitrogen and oxygen atoms in total. The number of ketones is 1. The molecule has 0 saturated carbocycles. The Hall–Kier alpha value is -1.90. The van der Waals surface area contributed by atoms with Crippen molar-refractivity contribution in [1.29, 1.82) is 0 Å². The van der Waals surface area contributed by atoms with Gasteiger partial charge in [-0.2, -0.15) is 0 Å². The van der Waals surface area contributed by atoms with E-state index in [1.54, 1.807) is 12.1 Å². The maximum atomic E-state index is 11.4. The first-order chi connectivity index (χ1) is 6.65. The molecule has 0 atom stereocenters. The molecule has 0 aliphatic rings. The summed E-state index contributed by atoms with van der Waals surface area (Å²) in [5.41, 5.74) is 0.532. The fraction of sp³-hybridized carbons (Fsp3) is 0.0909. The number of allylic oxidation sites excluding steroid dienone is 1. The number of Topliss-reactive ketones (excluding diaryl/α,β-unsaturated/α-hetero) is 1. The summed E-state index contributed by atoms with van der Waals surface area (Å²) in [6.45, 7) is 3.45. The van der Waals surface area contributed by atoms with E-state index in [9.17, 15) is 9.59 Å². The highest BCUT2D eigenvalue weighted by Gasteiger charge is 2.07. The van der Waals surface area contributed by atoms with Gasteiger partial charge >= 0.3 is 5.97 Å². The van der Waals surface area contributed by atoms with Gasteiger partial charge in [0, 0.05) is 12.0 Å². The van der Waals surface area contributed by atoms with E-state index in [-0.39, 0.29) is 17.8 Å². The van der Waals surface area contributed by atoms with Crippen LogP contribution in [0.5, 0.6) is 0 Å². The molecular weight excluding hydrogens is 180 g/mol. The van der Waals surface area contributed by atoms with Crippen LogP contribution in [0.4, 0.5) is 0 Å². The zero-order valence-corrected chi connectivity index (χ0v) is 7.56. The van der Waals surface area contributed by atoms with Gasteiger partial charge in [0.2, 0.25) is 0 Å². The molecule has 0 saturated heterocycles. The molecule has 72 valence electrons. The standard InChI is InChI=1S/C11H10O3/c1-2-4-10(12)8-5-3-6-9(7-8)11(13)14/h2-3,5-7H,1,4H2,(H,13,14). The van der Waals surface area contributed by atoms with Crippen LogP contribution in [0.1, 0.15) is 27.1 Å². The molecule has 1 N–H and O–H groups in total. The van der Waals surface area contributed by atoms with Crippen molar-refractivity contribution < 1.29 is 14.7 Å². The molecule has 0 spiro atoms. The molecule has 0 amide bonds. The van der Waals surface area contributed by atoms with Crippen LogP contribution < -0.4 is 0 Å². The van der Waals surface area contributed by atoms with Crippen molar-refractivity contribution >= 4 is 11.8 Å². The molecule has 1 rings (SSSR count). The lowest BCUT2D eigenvalue weighted by atomic mass is 10.1. The Balaban J connectivity index is 2.99. The van der Waals surface area contributed by atoms with Crippen molar-refractivity contribution in [2.75, 3.05) is 0 Å². The van der Waals surface area contributed by atoms with Crippen molar-refractivity contribution in [3.05, 3.63) is 48.0 Å². The Kier molecular flexibility index (Phi) is 3.18. The van der Waals surface area contributed by atoms with E-state index in [1.165, 1.54) is 18.2 Å². The molecule has 0 aliphatic carbocycles. The summed E-state index contributed by atoms with van der Waals surface area (Å²) in [6, 6.07) is 5.97. The largest absolute Gasteiger partial charge is 0.478 e. The van der Waals surface area contributed by atoms with E-state index >= 15 is 0 Å². The summed E-state index contributed by atoms with van der Waals surface area (Å²) in [6.07, 6.45) is 1.72. The molecule has 14 heavy (non-hydrogen) atoms. The van der Waals surface area contributed by atoms with Crippen LogP contribution in [0.15, 0.2) is 36.9 Å². The molecule has 0 radical (unpaired) electrons. The number of aromatic carboxylic acids is 1. The maximum Gasteiger partial charge on any atom is 0.335 e. The lowest BCUT2D eigenvalue weighted by Crippen LogP contribution is -2.01. The third-order valence-corrected chi connectivity index (χ3v) is 1.76. The van der Waals surface area contributed by atoms with Crippen LogP contribution in [0.25, 0.3) is 0 Å². The van der Waals surface area contributed by atoms with Crippen molar-refractivity contribution in [3.63, 3.8) is 0 Å². The molecule has 1 aromatic carbocycles. The molecule has 0 heterocycles. The van der Waals surface area contributed by atoms with Crippen LogP contribution in [0, 0.1) is 0 Å². The Morgan fingerprint density at radius 2 is 2.00 bits per heavy atom. The number of carbonyl (C=O) groups is 2. The highest BCUT2D eigenvalue weighted by molar-refractivity contribution is 5.99. The van der Waals surface area contributed by atoms with E-state index in [0.29, 0.717) is 5.56 Å². The first-order valence-corrected chi connectivity index (χ1v) is 4.12.